The molecule has 0 saturated heterocycles. The van der Waals surface area contributed by atoms with Gasteiger partial charge in [-0.05, 0) is 41.8 Å². The Hall–Kier alpha value is -1.18. The van der Waals surface area contributed by atoms with E-state index >= 15 is 0 Å². The number of nitrogens with one attached hydrogen (secondary N) is 1. The predicted octanol–water partition coefficient (Wildman–Crippen LogP) is 2.24. The number of nitrogens with zero attached hydrogens (tertiary/aromatic N) is 1. The van der Waals surface area contributed by atoms with E-state index in [4.69, 9.17) is 4.74 Å². The zero-order valence-corrected chi connectivity index (χ0v) is 12.7. The van der Waals surface area contributed by atoms with Gasteiger partial charge in [-0.15, -0.1) is 0 Å². The normalized spacial score (nSPS) is 17.6. The van der Waals surface area contributed by atoms with Crippen molar-refractivity contribution < 1.29 is 14.8 Å². The molecule has 6 nitrogen and oxygen atoms in total. The second kappa shape index (κ2) is 6.07. The maximum atomic E-state index is 11.0. The second-order valence-electron chi connectivity index (χ2n) is 5.29. The molecule has 1 aliphatic rings. The number of hydrogen-bond acceptors (Lipinski definition) is 5. The van der Waals surface area contributed by atoms with Crippen LogP contribution in [0.3, 0.4) is 0 Å². The van der Waals surface area contributed by atoms with Gasteiger partial charge in [0, 0.05) is 18.7 Å². The molecular weight excluding hydrogens is 328 g/mol. The number of nitro groups is 1. The predicted molar refractivity (Wildman–Crippen MR) is 77.9 cm³/mol. The van der Waals surface area contributed by atoms with Crippen molar-refractivity contribution in [2.45, 2.75) is 31.4 Å². The highest BCUT2D eigenvalue weighted by Gasteiger charge is 2.28. The molecule has 2 N–H and O–H groups in total. The van der Waals surface area contributed by atoms with Crippen molar-refractivity contribution >= 4 is 21.6 Å². The SMILES string of the molecule is CC(O)(CNC1CC1)COc1c(Br)cccc1[N+](=O)[O-]. The molecule has 0 amide bonds. The number of para-hydroxylation sites is 1. The minimum atomic E-state index is -1.08. The number of benzene rings is 1. The number of halogens is 1. The number of aliphatic hydroxyl groups is 1. The molecular formula is C13H17BrN2O4. The zero-order valence-electron chi connectivity index (χ0n) is 11.1. The van der Waals surface area contributed by atoms with Crippen LogP contribution in [0.15, 0.2) is 22.7 Å². The molecule has 2 rings (SSSR count). The topological polar surface area (TPSA) is 84.6 Å². The van der Waals surface area contributed by atoms with E-state index in [2.05, 4.69) is 21.2 Å². The average Bonchev–Trinajstić information content (AvgIpc) is 3.18. The summed E-state index contributed by atoms with van der Waals surface area (Å²) in [6.07, 6.45) is 2.26. The van der Waals surface area contributed by atoms with Crippen LogP contribution in [0.25, 0.3) is 0 Å². The fourth-order valence-corrected chi connectivity index (χ4v) is 2.18. The quantitative estimate of drug-likeness (QED) is 0.585. The van der Waals surface area contributed by atoms with Gasteiger partial charge >= 0.3 is 5.69 Å². The van der Waals surface area contributed by atoms with Gasteiger partial charge in [-0.3, -0.25) is 10.1 Å². The molecule has 0 aliphatic heterocycles. The first-order valence-corrected chi connectivity index (χ1v) is 7.20. The van der Waals surface area contributed by atoms with E-state index in [-0.39, 0.29) is 18.0 Å². The van der Waals surface area contributed by atoms with E-state index in [0.717, 1.165) is 12.8 Å². The van der Waals surface area contributed by atoms with Crippen molar-refractivity contribution in [1.82, 2.24) is 5.32 Å². The highest BCUT2D eigenvalue weighted by molar-refractivity contribution is 9.10. The molecule has 1 saturated carbocycles. The molecule has 20 heavy (non-hydrogen) atoms. The van der Waals surface area contributed by atoms with Crippen LogP contribution < -0.4 is 10.1 Å². The standard InChI is InChI=1S/C13H17BrN2O4/c1-13(17,7-15-9-5-6-9)8-20-12-10(14)3-2-4-11(12)16(18)19/h2-4,9,15,17H,5-8H2,1H3. The van der Waals surface area contributed by atoms with Gasteiger partial charge in [-0.2, -0.15) is 0 Å². The van der Waals surface area contributed by atoms with E-state index in [1.54, 1.807) is 19.1 Å². The van der Waals surface area contributed by atoms with E-state index in [0.29, 0.717) is 17.1 Å². The van der Waals surface area contributed by atoms with E-state index < -0.39 is 10.5 Å². The summed E-state index contributed by atoms with van der Waals surface area (Å²) in [7, 11) is 0. The van der Waals surface area contributed by atoms with Crippen molar-refractivity contribution in [3.8, 4) is 5.75 Å². The number of ether oxygens (including phenoxy) is 1. The second-order valence-corrected chi connectivity index (χ2v) is 6.14. The molecule has 0 aromatic heterocycles. The lowest BCUT2D eigenvalue weighted by Crippen LogP contribution is -2.43. The maximum Gasteiger partial charge on any atom is 0.312 e. The lowest BCUT2D eigenvalue weighted by molar-refractivity contribution is -0.386. The molecule has 1 aromatic carbocycles. The van der Waals surface area contributed by atoms with E-state index in [1.165, 1.54) is 6.07 Å². The fourth-order valence-electron chi connectivity index (χ4n) is 1.71. The number of hydrogen-bond donors (Lipinski definition) is 2. The maximum absolute atomic E-state index is 11.0. The Bertz CT molecular complexity index is 503. The van der Waals surface area contributed by atoms with Gasteiger partial charge in [0.2, 0.25) is 5.75 Å². The molecule has 1 atom stereocenters. The lowest BCUT2D eigenvalue weighted by Gasteiger charge is -2.24. The van der Waals surface area contributed by atoms with Crippen molar-refractivity contribution in [3.63, 3.8) is 0 Å². The summed E-state index contributed by atoms with van der Waals surface area (Å²) in [6, 6.07) is 5.10. The van der Waals surface area contributed by atoms with Gasteiger partial charge < -0.3 is 15.2 Å². The third kappa shape index (κ3) is 4.16. The number of nitro benzene ring substituents is 1. The van der Waals surface area contributed by atoms with Gasteiger partial charge in [0.1, 0.15) is 12.2 Å². The first-order chi connectivity index (χ1) is 9.39. The minimum Gasteiger partial charge on any atom is -0.483 e. The average molecular weight is 345 g/mol. The van der Waals surface area contributed by atoms with Gasteiger partial charge in [0.25, 0.3) is 0 Å². The van der Waals surface area contributed by atoms with Crippen LogP contribution in [0.1, 0.15) is 19.8 Å². The van der Waals surface area contributed by atoms with Crippen molar-refractivity contribution in [3.05, 3.63) is 32.8 Å². The molecule has 1 fully saturated rings. The number of rotatable bonds is 7. The molecule has 0 radical (unpaired) electrons. The Morgan fingerprint density at radius 2 is 2.30 bits per heavy atom. The summed E-state index contributed by atoms with van der Waals surface area (Å²) >= 11 is 3.23. The summed E-state index contributed by atoms with van der Waals surface area (Å²) in [5.41, 5.74) is -1.20. The highest BCUT2D eigenvalue weighted by Crippen LogP contribution is 2.35. The van der Waals surface area contributed by atoms with Crippen LogP contribution in [0, 0.1) is 10.1 Å². The molecule has 1 aromatic rings. The Morgan fingerprint density at radius 3 is 2.90 bits per heavy atom. The van der Waals surface area contributed by atoms with E-state index in [9.17, 15) is 15.2 Å². The zero-order chi connectivity index (χ0) is 14.8. The third-order valence-corrected chi connectivity index (χ3v) is 3.64. The Kier molecular flexibility index (Phi) is 4.62. The van der Waals surface area contributed by atoms with Crippen molar-refractivity contribution in [2.75, 3.05) is 13.2 Å². The minimum absolute atomic E-state index is 0.0177. The summed E-state index contributed by atoms with van der Waals surface area (Å²) in [5.74, 6) is 0.143. The van der Waals surface area contributed by atoms with Gasteiger partial charge in [-0.25, -0.2) is 0 Å². The monoisotopic (exact) mass is 344 g/mol. The largest absolute Gasteiger partial charge is 0.483 e. The smallest absolute Gasteiger partial charge is 0.312 e. The molecule has 0 bridgehead atoms. The Balaban J connectivity index is 2.00. The van der Waals surface area contributed by atoms with Gasteiger partial charge in [0.05, 0.1) is 9.40 Å². The van der Waals surface area contributed by atoms with Crippen LogP contribution >= 0.6 is 15.9 Å². The summed E-state index contributed by atoms with van der Waals surface area (Å²) in [5, 5.41) is 24.4. The van der Waals surface area contributed by atoms with Crippen LogP contribution in [0.4, 0.5) is 5.69 Å². The summed E-state index contributed by atoms with van der Waals surface area (Å²) in [6.45, 7) is 2.02. The van der Waals surface area contributed by atoms with Crippen LogP contribution in [0.2, 0.25) is 0 Å². The highest BCUT2D eigenvalue weighted by atomic mass is 79.9. The molecule has 1 aliphatic carbocycles. The van der Waals surface area contributed by atoms with E-state index in [1.807, 2.05) is 0 Å². The first-order valence-electron chi connectivity index (χ1n) is 6.40. The fraction of sp³-hybridized carbons (Fsp3) is 0.538. The molecule has 0 heterocycles. The lowest BCUT2D eigenvalue weighted by atomic mass is 10.1. The Labute approximate surface area is 125 Å². The molecule has 7 heteroatoms. The summed E-state index contributed by atoms with van der Waals surface area (Å²) < 4.78 is 5.97. The Morgan fingerprint density at radius 1 is 1.60 bits per heavy atom. The summed E-state index contributed by atoms with van der Waals surface area (Å²) in [4.78, 5) is 10.4. The van der Waals surface area contributed by atoms with Crippen molar-refractivity contribution in [2.24, 2.45) is 0 Å². The van der Waals surface area contributed by atoms with Crippen LogP contribution in [0.5, 0.6) is 5.75 Å². The first kappa shape index (κ1) is 15.2. The van der Waals surface area contributed by atoms with Crippen molar-refractivity contribution in [1.29, 1.82) is 0 Å². The van der Waals surface area contributed by atoms with Gasteiger partial charge in [-0.1, -0.05) is 6.07 Å². The van der Waals surface area contributed by atoms with Crippen LogP contribution in [-0.4, -0.2) is 34.8 Å². The molecule has 0 spiro atoms. The molecule has 110 valence electrons. The van der Waals surface area contributed by atoms with Gasteiger partial charge in [0.15, 0.2) is 0 Å². The third-order valence-electron chi connectivity index (χ3n) is 3.02. The molecule has 1 unspecified atom stereocenters. The van der Waals surface area contributed by atoms with Crippen LogP contribution in [-0.2, 0) is 0 Å².